The molecule has 2 aromatic rings. The highest BCUT2D eigenvalue weighted by atomic mass is 16.5. The number of ether oxygens (including phenoxy) is 1. The number of rotatable bonds is 5. The summed E-state index contributed by atoms with van der Waals surface area (Å²) in [5.41, 5.74) is 1.52. The third kappa shape index (κ3) is 4.11. The summed E-state index contributed by atoms with van der Waals surface area (Å²) >= 11 is 0. The van der Waals surface area contributed by atoms with Crippen LogP contribution in [0, 0.1) is 0 Å². The molecule has 0 radical (unpaired) electrons. The lowest BCUT2D eigenvalue weighted by molar-refractivity contribution is 0.112. The fraction of sp³-hybridized carbons (Fsp3) is 0.471. The zero-order chi connectivity index (χ0) is 16.9. The van der Waals surface area contributed by atoms with Gasteiger partial charge in [0.1, 0.15) is 0 Å². The standard InChI is InChI=1S/C17H22N4O3/c1-11(2)15-20-16(24-21-15)12-5-7-13(8-6-12)19-17(22)18-10-14-4-3-9-23-14/h5-8,11,14H,3-4,9-10H2,1-2H3,(H2,18,19,22)/t14-/m0/s1. The summed E-state index contributed by atoms with van der Waals surface area (Å²) < 4.78 is 10.7. The lowest BCUT2D eigenvalue weighted by Crippen LogP contribution is -2.34. The number of urea groups is 1. The molecule has 0 bridgehead atoms. The van der Waals surface area contributed by atoms with Crippen LogP contribution >= 0.6 is 0 Å². The number of anilines is 1. The van der Waals surface area contributed by atoms with Gasteiger partial charge in [0.2, 0.25) is 0 Å². The van der Waals surface area contributed by atoms with Crippen molar-refractivity contribution in [3.8, 4) is 11.5 Å². The van der Waals surface area contributed by atoms with E-state index in [1.807, 2.05) is 26.0 Å². The number of hydrogen-bond donors (Lipinski definition) is 2. The summed E-state index contributed by atoms with van der Waals surface area (Å²) in [7, 11) is 0. The van der Waals surface area contributed by atoms with Crippen molar-refractivity contribution in [2.75, 3.05) is 18.5 Å². The molecule has 0 saturated carbocycles. The Kier molecular flexibility index (Phi) is 5.10. The van der Waals surface area contributed by atoms with Crippen LogP contribution in [-0.2, 0) is 4.74 Å². The van der Waals surface area contributed by atoms with Crippen molar-refractivity contribution in [3.63, 3.8) is 0 Å². The molecule has 128 valence electrons. The maximum absolute atomic E-state index is 11.9. The Morgan fingerprint density at radius 1 is 1.33 bits per heavy atom. The maximum atomic E-state index is 11.9. The molecule has 1 aliphatic rings. The smallest absolute Gasteiger partial charge is 0.319 e. The average Bonchev–Trinajstić information content (AvgIpc) is 3.25. The molecule has 2 amide bonds. The predicted molar refractivity (Wildman–Crippen MR) is 89.8 cm³/mol. The molecule has 7 heteroatoms. The van der Waals surface area contributed by atoms with Gasteiger partial charge in [-0.05, 0) is 37.1 Å². The molecule has 1 aliphatic heterocycles. The van der Waals surface area contributed by atoms with Crippen LogP contribution in [0.4, 0.5) is 10.5 Å². The van der Waals surface area contributed by atoms with Gasteiger partial charge < -0.3 is 19.9 Å². The number of carbonyl (C=O) groups excluding carboxylic acids is 1. The molecule has 0 unspecified atom stereocenters. The van der Waals surface area contributed by atoms with E-state index in [0.29, 0.717) is 23.9 Å². The van der Waals surface area contributed by atoms with Gasteiger partial charge >= 0.3 is 6.03 Å². The van der Waals surface area contributed by atoms with Crippen LogP contribution in [0.25, 0.3) is 11.5 Å². The number of hydrogen-bond acceptors (Lipinski definition) is 5. The van der Waals surface area contributed by atoms with E-state index >= 15 is 0 Å². The summed E-state index contributed by atoms with van der Waals surface area (Å²) in [5, 5.41) is 9.56. The molecule has 2 heterocycles. The molecule has 1 atom stereocenters. The highest BCUT2D eigenvalue weighted by Crippen LogP contribution is 2.21. The van der Waals surface area contributed by atoms with Crippen molar-refractivity contribution in [1.29, 1.82) is 0 Å². The van der Waals surface area contributed by atoms with Crippen LogP contribution in [0.1, 0.15) is 38.4 Å². The van der Waals surface area contributed by atoms with Crippen LogP contribution in [-0.4, -0.2) is 35.4 Å². The SMILES string of the molecule is CC(C)c1noc(-c2ccc(NC(=O)NC[C@@H]3CCCO3)cc2)n1. The van der Waals surface area contributed by atoms with Crippen molar-refractivity contribution < 1.29 is 14.1 Å². The van der Waals surface area contributed by atoms with Gasteiger partial charge in [0.15, 0.2) is 5.82 Å². The first-order valence-corrected chi connectivity index (χ1v) is 8.22. The molecule has 7 nitrogen and oxygen atoms in total. The van der Waals surface area contributed by atoms with Crippen LogP contribution in [0.15, 0.2) is 28.8 Å². The third-order valence-corrected chi connectivity index (χ3v) is 3.86. The molecule has 1 fully saturated rings. The second-order valence-electron chi connectivity index (χ2n) is 6.16. The first kappa shape index (κ1) is 16.4. The highest BCUT2D eigenvalue weighted by Gasteiger charge is 2.16. The molecular weight excluding hydrogens is 308 g/mol. The number of benzene rings is 1. The van der Waals surface area contributed by atoms with E-state index in [4.69, 9.17) is 9.26 Å². The van der Waals surface area contributed by atoms with Crippen molar-refractivity contribution in [2.45, 2.75) is 38.7 Å². The minimum Gasteiger partial charge on any atom is -0.376 e. The number of amides is 2. The van der Waals surface area contributed by atoms with E-state index in [1.165, 1.54) is 0 Å². The summed E-state index contributed by atoms with van der Waals surface area (Å²) in [6, 6.07) is 7.05. The zero-order valence-electron chi connectivity index (χ0n) is 13.9. The molecule has 24 heavy (non-hydrogen) atoms. The molecule has 1 saturated heterocycles. The number of nitrogens with one attached hydrogen (secondary N) is 2. The van der Waals surface area contributed by atoms with Gasteiger partial charge in [0.05, 0.1) is 6.10 Å². The van der Waals surface area contributed by atoms with Crippen molar-refractivity contribution in [2.24, 2.45) is 0 Å². The maximum Gasteiger partial charge on any atom is 0.319 e. The van der Waals surface area contributed by atoms with Gasteiger partial charge in [-0.15, -0.1) is 0 Å². The molecule has 0 spiro atoms. The lowest BCUT2D eigenvalue weighted by Gasteiger charge is -2.11. The van der Waals surface area contributed by atoms with Gasteiger partial charge in [0.25, 0.3) is 5.89 Å². The summed E-state index contributed by atoms with van der Waals surface area (Å²) in [6.45, 7) is 5.33. The Balaban J connectivity index is 1.54. The van der Waals surface area contributed by atoms with Gasteiger partial charge in [-0.25, -0.2) is 4.79 Å². The first-order chi connectivity index (χ1) is 11.6. The lowest BCUT2D eigenvalue weighted by atomic mass is 10.2. The average molecular weight is 330 g/mol. The van der Waals surface area contributed by atoms with E-state index in [2.05, 4.69) is 20.8 Å². The van der Waals surface area contributed by atoms with Crippen LogP contribution in [0.2, 0.25) is 0 Å². The third-order valence-electron chi connectivity index (χ3n) is 3.86. The molecule has 0 aliphatic carbocycles. The van der Waals surface area contributed by atoms with E-state index in [0.717, 1.165) is 25.0 Å². The van der Waals surface area contributed by atoms with Crippen LogP contribution in [0.5, 0.6) is 0 Å². The fourth-order valence-corrected chi connectivity index (χ4v) is 2.47. The highest BCUT2D eigenvalue weighted by molar-refractivity contribution is 5.89. The second-order valence-corrected chi connectivity index (χ2v) is 6.16. The Labute approximate surface area is 140 Å². The van der Waals surface area contributed by atoms with Gasteiger partial charge in [-0.1, -0.05) is 19.0 Å². The number of aromatic nitrogens is 2. The van der Waals surface area contributed by atoms with E-state index in [1.54, 1.807) is 12.1 Å². The summed E-state index contributed by atoms with van der Waals surface area (Å²) in [5.74, 6) is 1.38. The summed E-state index contributed by atoms with van der Waals surface area (Å²) in [4.78, 5) is 16.2. The largest absolute Gasteiger partial charge is 0.376 e. The molecule has 2 N–H and O–H groups in total. The molecule has 3 rings (SSSR count). The summed E-state index contributed by atoms with van der Waals surface area (Å²) in [6.07, 6.45) is 2.19. The topological polar surface area (TPSA) is 89.3 Å². The second kappa shape index (κ2) is 7.44. The van der Waals surface area contributed by atoms with E-state index in [9.17, 15) is 4.79 Å². The van der Waals surface area contributed by atoms with Crippen LogP contribution in [0.3, 0.4) is 0 Å². The molecule has 1 aromatic carbocycles. The van der Waals surface area contributed by atoms with Crippen LogP contribution < -0.4 is 10.6 Å². The zero-order valence-corrected chi connectivity index (χ0v) is 13.9. The normalized spacial score (nSPS) is 17.2. The van der Waals surface area contributed by atoms with Crippen molar-refractivity contribution >= 4 is 11.7 Å². The molecule has 1 aromatic heterocycles. The number of carbonyl (C=O) groups is 1. The van der Waals surface area contributed by atoms with Crippen molar-refractivity contribution in [1.82, 2.24) is 15.5 Å². The number of nitrogens with zero attached hydrogens (tertiary/aromatic N) is 2. The predicted octanol–water partition coefficient (Wildman–Crippen LogP) is 3.16. The van der Waals surface area contributed by atoms with Gasteiger partial charge in [-0.2, -0.15) is 4.98 Å². The Hall–Kier alpha value is -2.41. The Morgan fingerprint density at radius 2 is 2.12 bits per heavy atom. The Bertz CT molecular complexity index is 675. The Morgan fingerprint density at radius 3 is 2.75 bits per heavy atom. The van der Waals surface area contributed by atoms with E-state index < -0.39 is 0 Å². The van der Waals surface area contributed by atoms with Gasteiger partial charge in [0, 0.05) is 30.3 Å². The fourth-order valence-electron chi connectivity index (χ4n) is 2.47. The minimum atomic E-state index is -0.238. The minimum absolute atomic E-state index is 0.130. The first-order valence-electron chi connectivity index (χ1n) is 8.22. The monoisotopic (exact) mass is 330 g/mol. The quantitative estimate of drug-likeness (QED) is 0.879. The van der Waals surface area contributed by atoms with E-state index in [-0.39, 0.29) is 18.1 Å². The van der Waals surface area contributed by atoms with Crippen molar-refractivity contribution in [3.05, 3.63) is 30.1 Å². The van der Waals surface area contributed by atoms with Gasteiger partial charge in [-0.3, -0.25) is 0 Å². The molecular formula is C17H22N4O3.